The molecule has 0 unspecified atom stereocenters. The van der Waals surface area contributed by atoms with E-state index in [0.717, 1.165) is 28.8 Å². The van der Waals surface area contributed by atoms with Crippen LogP contribution in [0.5, 0.6) is 5.75 Å². The molecule has 0 bridgehead atoms. The third-order valence-electron chi connectivity index (χ3n) is 3.54. The molecule has 0 radical (unpaired) electrons. The zero-order valence-electron chi connectivity index (χ0n) is 12.6. The van der Waals surface area contributed by atoms with Crippen molar-refractivity contribution >= 4 is 6.29 Å². The highest BCUT2D eigenvalue weighted by Crippen LogP contribution is 2.29. The molecule has 23 heavy (non-hydrogen) atoms. The summed E-state index contributed by atoms with van der Waals surface area (Å²) in [6.45, 7) is 0.127. The normalized spacial score (nSPS) is 10.5. The topological polar surface area (TPSA) is 44.1 Å². The molecule has 0 fully saturated rings. The van der Waals surface area contributed by atoms with Crippen LogP contribution < -0.4 is 4.74 Å². The number of rotatable bonds is 5. The first-order valence-electron chi connectivity index (χ1n) is 7.13. The Bertz CT molecular complexity index is 828. The summed E-state index contributed by atoms with van der Waals surface area (Å²) in [4.78, 5) is 10.9. The van der Waals surface area contributed by atoms with E-state index in [0.29, 0.717) is 0 Å². The molecule has 116 valence electrons. The van der Waals surface area contributed by atoms with Crippen molar-refractivity contribution in [3.8, 4) is 28.3 Å². The smallest absolute Gasteiger partial charge is 0.165 e. The number of nitrogens with zero attached hydrogens (tertiary/aromatic N) is 2. The molecule has 2 aromatic carbocycles. The molecule has 0 amide bonds. The largest absolute Gasteiger partial charge is 0.494 e. The Labute approximate surface area is 133 Å². The van der Waals surface area contributed by atoms with Gasteiger partial charge in [0.1, 0.15) is 6.29 Å². The van der Waals surface area contributed by atoms with Gasteiger partial charge in [-0.1, -0.05) is 30.3 Å². The second-order valence-electron chi connectivity index (χ2n) is 4.98. The molecule has 0 spiro atoms. The lowest BCUT2D eigenvalue weighted by Gasteiger charge is -2.07. The van der Waals surface area contributed by atoms with Crippen LogP contribution in [0, 0.1) is 5.82 Å². The number of halogens is 1. The maximum absolute atomic E-state index is 13.6. The predicted octanol–water partition coefficient (Wildman–Crippen LogP) is 3.56. The molecule has 5 heteroatoms. The first kappa shape index (κ1) is 15.0. The molecular weight excluding hydrogens is 295 g/mol. The summed E-state index contributed by atoms with van der Waals surface area (Å²) in [5, 5.41) is 4.48. The summed E-state index contributed by atoms with van der Waals surface area (Å²) in [6.07, 6.45) is 0.784. The van der Waals surface area contributed by atoms with E-state index in [1.54, 1.807) is 16.8 Å². The van der Waals surface area contributed by atoms with Crippen LogP contribution in [-0.2, 0) is 11.3 Å². The molecule has 4 nitrogen and oxygen atoms in total. The molecule has 3 aromatic rings. The minimum atomic E-state index is -0.430. The van der Waals surface area contributed by atoms with Crippen molar-refractivity contribution in [2.75, 3.05) is 7.11 Å². The fourth-order valence-electron chi connectivity index (χ4n) is 2.43. The Morgan fingerprint density at radius 1 is 1.13 bits per heavy atom. The van der Waals surface area contributed by atoms with Gasteiger partial charge in [0.15, 0.2) is 11.6 Å². The van der Waals surface area contributed by atoms with Crippen LogP contribution in [0.1, 0.15) is 0 Å². The quantitative estimate of drug-likeness (QED) is 0.677. The van der Waals surface area contributed by atoms with Crippen LogP contribution in [0.2, 0.25) is 0 Å². The molecule has 0 saturated heterocycles. The molecule has 0 saturated carbocycles. The van der Waals surface area contributed by atoms with E-state index in [9.17, 15) is 9.18 Å². The monoisotopic (exact) mass is 310 g/mol. The second-order valence-corrected chi connectivity index (χ2v) is 4.98. The van der Waals surface area contributed by atoms with Gasteiger partial charge >= 0.3 is 0 Å². The standard InChI is InChI=1S/C18H15FN2O2/c1-23-18-11-14(7-8-15(18)19)17-12-16(20-21(17)9-10-22)13-5-3-2-4-6-13/h2-8,10-12H,9H2,1H3. The third kappa shape index (κ3) is 2.99. The van der Waals surface area contributed by atoms with Crippen LogP contribution in [0.25, 0.3) is 22.5 Å². The van der Waals surface area contributed by atoms with E-state index in [1.807, 2.05) is 36.4 Å². The molecule has 0 aliphatic rings. The number of carbonyl (C=O) groups excluding carboxylic acids is 1. The van der Waals surface area contributed by atoms with Crippen molar-refractivity contribution in [1.82, 2.24) is 9.78 Å². The van der Waals surface area contributed by atoms with Gasteiger partial charge in [0.25, 0.3) is 0 Å². The van der Waals surface area contributed by atoms with Crippen LogP contribution in [0.4, 0.5) is 4.39 Å². The molecule has 3 rings (SSSR count). The Kier molecular flexibility index (Phi) is 4.19. The van der Waals surface area contributed by atoms with Crippen LogP contribution in [0.15, 0.2) is 54.6 Å². The van der Waals surface area contributed by atoms with Gasteiger partial charge < -0.3 is 9.53 Å². The summed E-state index contributed by atoms with van der Waals surface area (Å²) >= 11 is 0. The molecule has 0 atom stereocenters. The van der Waals surface area contributed by atoms with Crippen molar-refractivity contribution in [1.29, 1.82) is 0 Å². The summed E-state index contributed by atoms with van der Waals surface area (Å²) < 4.78 is 20.2. The number of carbonyl (C=O) groups is 1. The highest BCUT2D eigenvalue weighted by molar-refractivity contribution is 5.70. The van der Waals surface area contributed by atoms with E-state index < -0.39 is 5.82 Å². The molecule has 0 aliphatic carbocycles. The third-order valence-corrected chi connectivity index (χ3v) is 3.54. The highest BCUT2D eigenvalue weighted by Gasteiger charge is 2.13. The van der Waals surface area contributed by atoms with Crippen LogP contribution in [0.3, 0.4) is 0 Å². The maximum atomic E-state index is 13.6. The van der Waals surface area contributed by atoms with Gasteiger partial charge in [0.05, 0.1) is 25.0 Å². The zero-order valence-corrected chi connectivity index (χ0v) is 12.6. The zero-order chi connectivity index (χ0) is 16.2. The van der Waals surface area contributed by atoms with E-state index >= 15 is 0 Å². The number of methoxy groups -OCH3 is 1. The lowest BCUT2D eigenvalue weighted by atomic mass is 10.1. The molecular formula is C18H15FN2O2. The average molecular weight is 310 g/mol. The summed E-state index contributed by atoms with van der Waals surface area (Å²) in [5.74, 6) is -0.274. The summed E-state index contributed by atoms with van der Waals surface area (Å²) in [7, 11) is 1.42. The van der Waals surface area contributed by atoms with E-state index in [4.69, 9.17) is 4.74 Å². The Morgan fingerprint density at radius 3 is 2.61 bits per heavy atom. The van der Waals surface area contributed by atoms with Crippen molar-refractivity contribution < 1.29 is 13.9 Å². The highest BCUT2D eigenvalue weighted by atomic mass is 19.1. The predicted molar refractivity (Wildman–Crippen MR) is 85.7 cm³/mol. The minimum absolute atomic E-state index is 0.127. The minimum Gasteiger partial charge on any atom is -0.494 e. The van der Waals surface area contributed by atoms with Gasteiger partial charge in [-0.2, -0.15) is 5.10 Å². The first-order chi connectivity index (χ1) is 11.2. The van der Waals surface area contributed by atoms with Gasteiger partial charge in [-0.25, -0.2) is 4.39 Å². The van der Waals surface area contributed by atoms with Crippen molar-refractivity contribution in [2.45, 2.75) is 6.54 Å². The van der Waals surface area contributed by atoms with Gasteiger partial charge in [-0.15, -0.1) is 0 Å². The fourth-order valence-corrected chi connectivity index (χ4v) is 2.43. The Morgan fingerprint density at radius 2 is 1.91 bits per heavy atom. The maximum Gasteiger partial charge on any atom is 0.165 e. The number of aldehydes is 1. The van der Waals surface area contributed by atoms with Gasteiger partial charge in [0.2, 0.25) is 0 Å². The molecule has 1 aromatic heterocycles. The van der Waals surface area contributed by atoms with E-state index in [2.05, 4.69) is 5.10 Å². The van der Waals surface area contributed by atoms with E-state index in [1.165, 1.54) is 13.2 Å². The molecule has 0 N–H and O–H groups in total. The van der Waals surface area contributed by atoms with E-state index in [-0.39, 0.29) is 12.3 Å². The van der Waals surface area contributed by atoms with Gasteiger partial charge in [-0.3, -0.25) is 4.68 Å². The van der Waals surface area contributed by atoms with Crippen LogP contribution >= 0.6 is 0 Å². The van der Waals surface area contributed by atoms with Crippen molar-refractivity contribution in [3.63, 3.8) is 0 Å². The number of aromatic nitrogens is 2. The number of hydrogen-bond acceptors (Lipinski definition) is 3. The average Bonchev–Trinajstić information content (AvgIpc) is 3.00. The second kappa shape index (κ2) is 6.44. The number of benzene rings is 2. The van der Waals surface area contributed by atoms with Gasteiger partial charge in [0, 0.05) is 11.1 Å². The van der Waals surface area contributed by atoms with Crippen LogP contribution in [-0.4, -0.2) is 23.2 Å². The lowest BCUT2D eigenvalue weighted by Crippen LogP contribution is -2.03. The number of ether oxygens (including phenoxy) is 1. The summed E-state index contributed by atoms with van der Waals surface area (Å²) in [6, 6.07) is 16.1. The van der Waals surface area contributed by atoms with Crippen molar-refractivity contribution in [3.05, 3.63) is 60.4 Å². The van der Waals surface area contributed by atoms with Gasteiger partial charge in [-0.05, 0) is 24.3 Å². The first-order valence-corrected chi connectivity index (χ1v) is 7.13. The fraction of sp³-hybridized carbons (Fsp3) is 0.111. The molecule has 0 aliphatic heterocycles. The summed E-state index contributed by atoms with van der Waals surface area (Å²) in [5.41, 5.74) is 3.17. The lowest BCUT2D eigenvalue weighted by molar-refractivity contribution is -0.108. The Hall–Kier alpha value is -2.95. The Balaban J connectivity index is 2.11. The van der Waals surface area contributed by atoms with Crippen molar-refractivity contribution in [2.24, 2.45) is 0 Å². The number of hydrogen-bond donors (Lipinski definition) is 0. The SMILES string of the molecule is COc1cc(-c2cc(-c3ccccc3)nn2CC=O)ccc1F. The molecule has 1 heterocycles.